The number of hydrogen-bond acceptors (Lipinski definition) is 2. The second kappa shape index (κ2) is 5.43. The van der Waals surface area contributed by atoms with Crippen LogP contribution < -0.4 is 0 Å². The van der Waals surface area contributed by atoms with E-state index >= 15 is 0 Å². The van der Waals surface area contributed by atoms with Crippen molar-refractivity contribution in [2.24, 2.45) is 40.9 Å². The Kier molecular flexibility index (Phi) is 3.81. The lowest BCUT2D eigenvalue weighted by Crippen LogP contribution is -2.52. The predicted molar refractivity (Wildman–Crippen MR) is 96.4 cm³/mol. The highest BCUT2D eigenvalue weighted by Crippen LogP contribution is 2.66. The van der Waals surface area contributed by atoms with Gasteiger partial charge in [0.2, 0.25) is 0 Å². The first-order valence-electron chi connectivity index (χ1n) is 10.2. The van der Waals surface area contributed by atoms with Crippen molar-refractivity contribution < 1.29 is 9.90 Å². The van der Waals surface area contributed by atoms with E-state index < -0.39 is 5.60 Å². The lowest BCUT2D eigenvalue weighted by atomic mass is 9.48. The number of carbonyl (C=O) groups excluding carboxylic acids is 1. The molecule has 0 aromatic rings. The van der Waals surface area contributed by atoms with Crippen molar-refractivity contribution in [3.63, 3.8) is 0 Å². The average molecular weight is 331 g/mol. The minimum atomic E-state index is -0.559. The molecule has 7 atom stereocenters. The van der Waals surface area contributed by atoms with Gasteiger partial charge in [-0.2, -0.15) is 0 Å². The van der Waals surface area contributed by atoms with E-state index in [0.29, 0.717) is 29.0 Å². The molecule has 1 unspecified atom stereocenters. The minimum absolute atomic E-state index is 0.305. The molecule has 4 aliphatic carbocycles. The lowest BCUT2D eigenvalue weighted by Gasteiger charge is -2.57. The third-order valence-corrected chi connectivity index (χ3v) is 8.49. The smallest absolute Gasteiger partial charge is 0.155 e. The third kappa shape index (κ3) is 2.35. The van der Waals surface area contributed by atoms with Crippen molar-refractivity contribution in [2.75, 3.05) is 0 Å². The van der Waals surface area contributed by atoms with Crippen molar-refractivity contribution in [3.8, 4) is 0 Å². The number of aliphatic hydroxyl groups is 1. The fourth-order valence-electron chi connectivity index (χ4n) is 7.75. The van der Waals surface area contributed by atoms with Gasteiger partial charge in [-0.3, -0.25) is 4.79 Å². The van der Waals surface area contributed by atoms with E-state index in [2.05, 4.69) is 13.8 Å². The standard InChI is InChI=1S/C22H34O2/c1-13-11-14-12-15(23)5-6-16(14)17-9-10-22(4)18(20(13)17)7-8-19(22)21(2,3)24/h12-13,16-20,24H,5-11H2,1-4H3/t13?,16-,17+,18-,19+,20+,22-/m0/s1. The van der Waals surface area contributed by atoms with E-state index in [1.54, 1.807) is 0 Å². The van der Waals surface area contributed by atoms with Gasteiger partial charge in [0.15, 0.2) is 5.78 Å². The maximum Gasteiger partial charge on any atom is 0.155 e. The molecule has 3 fully saturated rings. The van der Waals surface area contributed by atoms with Crippen LogP contribution in [0.15, 0.2) is 11.6 Å². The zero-order valence-corrected chi connectivity index (χ0v) is 15.8. The average Bonchev–Trinajstić information content (AvgIpc) is 2.83. The Labute approximate surface area is 147 Å². The zero-order chi connectivity index (χ0) is 17.3. The number of carbonyl (C=O) groups is 1. The Morgan fingerprint density at radius 3 is 2.67 bits per heavy atom. The van der Waals surface area contributed by atoms with Crippen LogP contribution in [0.5, 0.6) is 0 Å². The van der Waals surface area contributed by atoms with Crippen molar-refractivity contribution in [2.45, 2.75) is 78.2 Å². The first-order chi connectivity index (χ1) is 11.2. The van der Waals surface area contributed by atoms with E-state index in [0.717, 1.165) is 37.0 Å². The summed E-state index contributed by atoms with van der Waals surface area (Å²) in [6.45, 7) is 8.95. The first kappa shape index (κ1) is 16.8. The van der Waals surface area contributed by atoms with Crippen LogP contribution >= 0.6 is 0 Å². The fourth-order valence-corrected chi connectivity index (χ4v) is 7.75. The van der Waals surface area contributed by atoms with Crippen LogP contribution in [-0.4, -0.2) is 16.5 Å². The molecule has 1 N–H and O–H groups in total. The molecule has 0 aromatic carbocycles. The molecular weight excluding hydrogens is 296 g/mol. The van der Waals surface area contributed by atoms with Gasteiger partial charge < -0.3 is 5.11 Å². The molecule has 4 aliphatic rings. The van der Waals surface area contributed by atoms with Crippen LogP contribution in [0.4, 0.5) is 0 Å². The molecule has 0 radical (unpaired) electrons. The van der Waals surface area contributed by atoms with E-state index in [1.807, 2.05) is 19.9 Å². The Bertz CT molecular complexity index is 569. The Balaban J connectivity index is 1.66. The lowest BCUT2D eigenvalue weighted by molar-refractivity contribution is -0.117. The third-order valence-electron chi connectivity index (χ3n) is 8.49. The van der Waals surface area contributed by atoms with Crippen molar-refractivity contribution >= 4 is 5.78 Å². The van der Waals surface area contributed by atoms with Gasteiger partial charge in [-0.15, -0.1) is 0 Å². The number of rotatable bonds is 1. The zero-order valence-electron chi connectivity index (χ0n) is 15.8. The molecule has 2 nitrogen and oxygen atoms in total. The normalized spacial score (nSPS) is 48.4. The SMILES string of the molecule is CC1CC2=CC(=O)CC[C@@H]2[C@H]2CC[C@]3(C)[C@@H](C(C)(C)O)CC[C@H]3[C@H]12. The van der Waals surface area contributed by atoms with Crippen LogP contribution in [-0.2, 0) is 4.79 Å². The molecule has 0 heterocycles. The molecule has 4 rings (SSSR count). The summed E-state index contributed by atoms with van der Waals surface area (Å²) in [6.07, 6.45) is 10.0. The molecule has 3 saturated carbocycles. The van der Waals surface area contributed by atoms with Gasteiger partial charge in [0.25, 0.3) is 0 Å². The Morgan fingerprint density at radius 2 is 1.96 bits per heavy atom. The number of hydrogen-bond donors (Lipinski definition) is 1. The first-order valence-corrected chi connectivity index (χ1v) is 10.2. The van der Waals surface area contributed by atoms with Crippen LogP contribution in [0.1, 0.15) is 72.6 Å². The highest BCUT2D eigenvalue weighted by molar-refractivity contribution is 5.91. The number of allylic oxidation sites excluding steroid dienone is 1. The van der Waals surface area contributed by atoms with Crippen LogP contribution in [0.3, 0.4) is 0 Å². The van der Waals surface area contributed by atoms with Gasteiger partial charge in [0.05, 0.1) is 5.60 Å². The summed E-state index contributed by atoms with van der Waals surface area (Å²) in [7, 11) is 0. The second-order valence-electron chi connectivity index (χ2n) is 10.2. The molecule has 24 heavy (non-hydrogen) atoms. The maximum atomic E-state index is 11.9. The van der Waals surface area contributed by atoms with Gasteiger partial charge in [-0.1, -0.05) is 19.4 Å². The topological polar surface area (TPSA) is 37.3 Å². The number of ketones is 1. The van der Waals surface area contributed by atoms with E-state index in [4.69, 9.17) is 0 Å². The fraction of sp³-hybridized carbons (Fsp3) is 0.864. The summed E-state index contributed by atoms with van der Waals surface area (Å²) < 4.78 is 0. The molecule has 134 valence electrons. The van der Waals surface area contributed by atoms with Gasteiger partial charge >= 0.3 is 0 Å². The minimum Gasteiger partial charge on any atom is -0.390 e. The van der Waals surface area contributed by atoms with Gasteiger partial charge in [-0.25, -0.2) is 0 Å². The molecule has 0 aromatic heterocycles. The quantitative estimate of drug-likeness (QED) is 0.752. The van der Waals surface area contributed by atoms with Crippen LogP contribution in [0.2, 0.25) is 0 Å². The summed E-state index contributed by atoms with van der Waals surface area (Å²) in [5.41, 5.74) is 1.22. The molecular formula is C22H34O2. The molecule has 0 aliphatic heterocycles. The van der Waals surface area contributed by atoms with Gasteiger partial charge in [0, 0.05) is 6.42 Å². The van der Waals surface area contributed by atoms with E-state index in [1.165, 1.54) is 31.3 Å². The summed E-state index contributed by atoms with van der Waals surface area (Å²) in [6, 6.07) is 0. The van der Waals surface area contributed by atoms with Crippen molar-refractivity contribution in [1.82, 2.24) is 0 Å². The molecule has 2 heteroatoms. The van der Waals surface area contributed by atoms with Crippen LogP contribution in [0.25, 0.3) is 0 Å². The summed E-state index contributed by atoms with van der Waals surface area (Å²) in [5, 5.41) is 10.8. The summed E-state index contributed by atoms with van der Waals surface area (Å²) >= 11 is 0. The molecule has 0 bridgehead atoms. The molecule has 0 amide bonds. The second-order valence-corrected chi connectivity index (χ2v) is 10.2. The number of fused-ring (bicyclic) bond motifs is 5. The largest absolute Gasteiger partial charge is 0.390 e. The van der Waals surface area contributed by atoms with E-state index in [-0.39, 0.29) is 0 Å². The monoisotopic (exact) mass is 330 g/mol. The van der Waals surface area contributed by atoms with E-state index in [9.17, 15) is 9.90 Å². The Hall–Kier alpha value is -0.630. The van der Waals surface area contributed by atoms with Gasteiger partial charge in [-0.05, 0) is 99.4 Å². The highest BCUT2D eigenvalue weighted by atomic mass is 16.3. The van der Waals surface area contributed by atoms with Gasteiger partial charge in [0.1, 0.15) is 0 Å². The Morgan fingerprint density at radius 1 is 1.21 bits per heavy atom. The highest BCUT2D eigenvalue weighted by Gasteiger charge is 2.60. The summed E-state index contributed by atoms with van der Waals surface area (Å²) in [5.74, 6) is 4.51. The van der Waals surface area contributed by atoms with Crippen molar-refractivity contribution in [3.05, 3.63) is 11.6 Å². The summed E-state index contributed by atoms with van der Waals surface area (Å²) in [4.78, 5) is 11.9. The molecule has 0 saturated heterocycles. The van der Waals surface area contributed by atoms with Crippen molar-refractivity contribution in [1.29, 1.82) is 0 Å². The van der Waals surface area contributed by atoms with Crippen LogP contribution in [0, 0.1) is 40.9 Å². The predicted octanol–water partition coefficient (Wildman–Crippen LogP) is 4.76. The maximum absolute atomic E-state index is 11.9. The molecule has 0 spiro atoms.